The third-order valence-electron chi connectivity index (χ3n) is 4.95. The topological polar surface area (TPSA) is 34.2 Å². The van der Waals surface area contributed by atoms with E-state index in [0.29, 0.717) is 12.0 Å². The highest BCUT2D eigenvalue weighted by molar-refractivity contribution is 5.11. The smallest absolute Gasteiger partial charge is 0.0686 e. The van der Waals surface area contributed by atoms with Crippen LogP contribution < -0.4 is 5.32 Å². The molecular formula is C17H26N2O. The van der Waals surface area contributed by atoms with Crippen molar-refractivity contribution in [2.24, 2.45) is 5.92 Å². The van der Waals surface area contributed by atoms with Crippen molar-refractivity contribution in [1.29, 1.82) is 0 Å². The van der Waals surface area contributed by atoms with Crippen LogP contribution in [0, 0.1) is 5.92 Å². The molecule has 2 unspecified atom stereocenters. The minimum Gasteiger partial charge on any atom is -0.375 e. The highest BCUT2D eigenvalue weighted by Crippen LogP contribution is 2.45. The van der Waals surface area contributed by atoms with Gasteiger partial charge in [-0.15, -0.1) is 0 Å². The highest BCUT2D eigenvalue weighted by atomic mass is 16.5. The summed E-state index contributed by atoms with van der Waals surface area (Å²) in [7, 11) is 0. The Morgan fingerprint density at radius 3 is 2.95 bits per heavy atom. The lowest BCUT2D eigenvalue weighted by atomic mass is 9.79. The molecule has 3 rings (SSSR count). The van der Waals surface area contributed by atoms with Gasteiger partial charge in [0.25, 0.3) is 0 Å². The second-order valence-corrected chi connectivity index (χ2v) is 6.28. The molecule has 0 aromatic carbocycles. The maximum Gasteiger partial charge on any atom is 0.0686 e. The molecule has 2 aliphatic rings. The van der Waals surface area contributed by atoms with E-state index in [-0.39, 0.29) is 5.60 Å². The van der Waals surface area contributed by atoms with Gasteiger partial charge in [-0.1, -0.05) is 25.8 Å². The Morgan fingerprint density at radius 1 is 1.40 bits per heavy atom. The number of nitrogens with one attached hydrogen (secondary N) is 1. The molecule has 0 amide bonds. The van der Waals surface area contributed by atoms with Crippen LogP contribution in [0.15, 0.2) is 24.4 Å². The molecule has 1 N–H and O–H groups in total. The standard InChI is InChI=1S/C17H26N2O/c1-2-18-16(15-7-3-6-11-19-15)14-8-12-20-17(13-14)9-4-5-10-17/h3,6-7,11,14,16,18H,2,4-5,8-10,12-13H2,1H3. The summed E-state index contributed by atoms with van der Waals surface area (Å²) in [6, 6.07) is 6.62. The summed E-state index contributed by atoms with van der Waals surface area (Å²) < 4.78 is 6.17. The molecule has 0 radical (unpaired) electrons. The van der Waals surface area contributed by atoms with Gasteiger partial charge >= 0.3 is 0 Å². The number of hydrogen-bond donors (Lipinski definition) is 1. The van der Waals surface area contributed by atoms with Crippen molar-refractivity contribution in [2.75, 3.05) is 13.2 Å². The van der Waals surface area contributed by atoms with Crippen LogP contribution in [0.4, 0.5) is 0 Å². The molecule has 1 spiro atoms. The fourth-order valence-corrected chi connectivity index (χ4v) is 4.01. The normalized spacial score (nSPS) is 26.8. The van der Waals surface area contributed by atoms with E-state index < -0.39 is 0 Å². The summed E-state index contributed by atoms with van der Waals surface area (Å²) in [5.41, 5.74) is 1.38. The average Bonchev–Trinajstić information content (AvgIpc) is 2.93. The zero-order valence-corrected chi connectivity index (χ0v) is 12.5. The molecule has 110 valence electrons. The number of pyridine rings is 1. The molecule has 2 atom stereocenters. The van der Waals surface area contributed by atoms with Crippen LogP contribution in [-0.2, 0) is 4.74 Å². The maximum absolute atomic E-state index is 6.17. The van der Waals surface area contributed by atoms with Gasteiger partial charge in [0.2, 0.25) is 0 Å². The Labute approximate surface area is 122 Å². The molecule has 3 nitrogen and oxygen atoms in total. The van der Waals surface area contributed by atoms with E-state index in [1.165, 1.54) is 37.8 Å². The van der Waals surface area contributed by atoms with Gasteiger partial charge in [0.1, 0.15) is 0 Å². The van der Waals surface area contributed by atoms with E-state index in [2.05, 4.69) is 29.4 Å². The lowest BCUT2D eigenvalue weighted by Crippen LogP contribution is -2.42. The van der Waals surface area contributed by atoms with Crippen LogP contribution in [-0.4, -0.2) is 23.7 Å². The third-order valence-corrected chi connectivity index (χ3v) is 4.95. The molecule has 1 saturated heterocycles. The Bertz CT molecular complexity index is 414. The van der Waals surface area contributed by atoms with E-state index in [1.54, 1.807) is 0 Å². The summed E-state index contributed by atoms with van der Waals surface area (Å²) in [6.45, 7) is 4.09. The van der Waals surface area contributed by atoms with E-state index in [4.69, 9.17) is 4.74 Å². The Kier molecular flexibility index (Phi) is 4.37. The first-order valence-electron chi connectivity index (χ1n) is 8.11. The molecular weight excluding hydrogens is 248 g/mol. The molecule has 3 heteroatoms. The van der Waals surface area contributed by atoms with Crippen molar-refractivity contribution < 1.29 is 4.74 Å². The van der Waals surface area contributed by atoms with Gasteiger partial charge in [-0.2, -0.15) is 0 Å². The van der Waals surface area contributed by atoms with Crippen molar-refractivity contribution in [2.45, 2.75) is 57.1 Å². The zero-order chi connectivity index (χ0) is 13.8. The third kappa shape index (κ3) is 2.89. The second-order valence-electron chi connectivity index (χ2n) is 6.28. The van der Waals surface area contributed by atoms with Crippen LogP contribution in [0.25, 0.3) is 0 Å². The van der Waals surface area contributed by atoms with Gasteiger partial charge in [0.05, 0.1) is 17.3 Å². The molecule has 2 fully saturated rings. The number of aromatic nitrogens is 1. The van der Waals surface area contributed by atoms with E-state index in [9.17, 15) is 0 Å². The van der Waals surface area contributed by atoms with Crippen molar-refractivity contribution in [3.63, 3.8) is 0 Å². The van der Waals surface area contributed by atoms with Gasteiger partial charge < -0.3 is 10.1 Å². The molecule has 1 aromatic heterocycles. The van der Waals surface area contributed by atoms with Gasteiger partial charge in [-0.05, 0) is 50.3 Å². The Hall–Kier alpha value is -0.930. The molecule has 1 saturated carbocycles. The Morgan fingerprint density at radius 2 is 2.25 bits per heavy atom. The quantitative estimate of drug-likeness (QED) is 0.913. The minimum absolute atomic E-state index is 0.186. The van der Waals surface area contributed by atoms with Crippen molar-refractivity contribution in [3.05, 3.63) is 30.1 Å². The first-order chi connectivity index (χ1) is 9.83. The molecule has 20 heavy (non-hydrogen) atoms. The SMILES string of the molecule is CCNC(c1ccccn1)C1CCOC2(CCCC2)C1. The lowest BCUT2D eigenvalue weighted by Gasteiger charge is -2.41. The van der Waals surface area contributed by atoms with Crippen LogP contribution in [0.1, 0.15) is 57.2 Å². The highest BCUT2D eigenvalue weighted by Gasteiger charge is 2.42. The van der Waals surface area contributed by atoms with Gasteiger partial charge in [0, 0.05) is 12.8 Å². The van der Waals surface area contributed by atoms with E-state index >= 15 is 0 Å². The van der Waals surface area contributed by atoms with Crippen LogP contribution in [0.5, 0.6) is 0 Å². The first-order valence-corrected chi connectivity index (χ1v) is 8.11. The van der Waals surface area contributed by atoms with E-state index in [1.807, 2.05) is 12.3 Å². The fraction of sp³-hybridized carbons (Fsp3) is 0.706. The van der Waals surface area contributed by atoms with Gasteiger partial charge in [-0.3, -0.25) is 4.98 Å². The Balaban J connectivity index is 1.77. The van der Waals surface area contributed by atoms with E-state index in [0.717, 1.165) is 19.6 Å². The van der Waals surface area contributed by atoms with Crippen molar-refractivity contribution in [1.82, 2.24) is 10.3 Å². The average molecular weight is 274 g/mol. The molecule has 2 heterocycles. The monoisotopic (exact) mass is 274 g/mol. The number of hydrogen-bond acceptors (Lipinski definition) is 3. The molecule has 0 bridgehead atoms. The number of nitrogens with zero attached hydrogens (tertiary/aromatic N) is 1. The molecule has 1 aliphatic carbocycles. The summed E-state index contributed by atoms with van der Waals surface area (Å²) in [5, 5.41) is 3.66. The maximum atomic E-state index is 6.17. The van der Waals surface area contributed by atoms with Crippen molar-refractivity contribution in [3.8, 4) is 0 Å². The molecule has 1 aromatic rings. The first kappa shape index (κ1) is 14.0. The van der Waals surface area contributed by atoms with Crippen LogP contribution in [0.3, 0.4) is 0 Å². The zero-order valence-electron chi connectivity index (χ0n) is 12.5. The van der Waals surface area contributed by atoms with Crippen LogP contribution in [0.2, 0.25) is 0 Å². The van der Waals surface area contributed by atoms with Gasteiger partial charge in [-0.25, -0.2) is 0 Å². The lowest BCUT2D eigenvalue weighted by molar-refractivity contribution is -0.0983. The minimum atomic E-state index is 0.186. The summed E-state index contributed by atoms with van der Waals surface area (Å²) in [5.74, 6) is 0.650. The summed E-state index contributed by atoms with van der Waals surface area (Å²) in [4.78, 5) is 4.58. The largest absolute Gasteiger partial charge is 0.375 e. The van der Waals surface area contributed by atoms with Gasteiger partial charge in [0.15, 0.2) is 0 Å². The predicted octanol–water partition coefficient (Wildman–Crippen LogP) is 3.47. The number of rotatable bonds is 4. The predicted molar refractivity (Wildman–Crippen MR) is 80.5 cm³/mol. The summed E-state index contributed by atoms with van der Waals surface area (Å²) >= 11 is 0. The second kappa shape index (κ2) is 6.23. The summed E-state index contributed by atoms with van der Waals surface area (Å²) in [6.07, 6.45) is 9.43. The van der Waals surface area contributed by atoms with Crippen molar-refractivity contribution >= 4 is 0 Å². The molecule has 1 aliphatic heterocycles. The number of ether oxygens (including phenoxy) is 1. The fourth-order valence-electron chi connectivity index (χ4n) is 4.01. The van der Waals surface area contributed by atoms with Crippen LogP contribution >= 0.6 is 0 Å².